The van der Waals surface area contributed by atoms with Gasteiger partial charge in [-0.25, -0.2) is 0 Å². The lowest BCUT2D eigenvalue weighted by Crippen LogP contribution is -2.64. The van der Waals surface area contributed by atoms with Crippen molar-refractivity contribution in [1.82, 2.24) is 0 Å². The van der Waals surface area contributed by atoms with Crippen molar-refractivity contribution in [2.24, 2.45) is 22.2 Å². The van der Waals surface area contributed by atoms with Crippen LogP contribution in [0.2, 0.25) is 13.1 Å². The van der Waals surface area contributed by atoms with Crippen LogP contribution < -0.4 is 5.19 Å². The average molecular weight is 335 g/mol. The van der Waals surface area contributed by atoms with Gasteiger partial charge in [-0.2, -0.15) is 0 Å². The van der Waals surface area contributed by atoms with Crippen LogP contribution in [0.1, 0.15) is 32.6 Å². The van der Waals surface area contributed by atoms with Gasteiger partial charge < -0.3 is 0 Å². The van der Waals surface area contributed by atoms with Crippen LogP contribution in [0.25, 0.3) is 0 Å². The minimum Gasteiger partial charge on any atom is -0.102 e. The van der Waals surface area contributed by atoms with Crippen molar-refractivity contribution in [3.63, 3.8) is 0 Å². The second-order valence-corrected chi connectivity index (χ2v) is 13.3. The Bertz CT molecular complexity index is 713. The maximum absolute atomic E-state index is 4.29. The zero-order valence-electron chi connectivity index (χ0n) is 15.4. The largest absolute Gasteiger partial charge is 0.103 e. The fourth-order valence-electron chi connectivity index (χ4n) is 6.38. The molecule has 1 aromatic rings. The molecule has 1 heteroatoms. The van der Waals surface area contributed by atoms with E-state index in [1.165, 1.54) is 30.9 Å². The number of fused-ring (bicyclic) bond motifs is 1. The summed E-state index contributed by atoms with van der Waals surface area (Å²) in [5.41, 5.74) is 3.76. The van der Waals surface area contributed by atoms with E-state index < -0.39 is 8.07 Å². The molecule has 0 aromatic heterocycles. The highest BCUT2D eigenvalue weighted by molar-refractivity contribution is 6.93. The Hall–Kier alpha value is -1.34. The smallest absolute Gasteiger partial charge is 0.102 e. The Morgan fingerprint density at radius 2 is 1.88 bits per heavy atom. The molecule has 0 N–H and O–H groups in total. The Kier molecular flexibility index (Phi) is 3.42. The van der Waals surface area contributed by atoms with E-state index in [4.69, 9.17) is 0 Å². The van der Waals surface area contributed by atoms with Gasteiger partial charge in [0.05, 0.1) is 0 Å². The lowest BCUT2D eigenvalue weighted by atomic mass is 9.34. The first kappa shape index (κ1) is 16.1. The normalized spacial score (nSPS) is 40.4. The predicted molar refractivity (Wildman–Crippen MR) is 107 cm³/mol. The molecule has 0 nitrogen and oxygen atoms in total. The van der Waals surface area contributed by atoms with Crippen molar-refractivity contribution in [3.8, 4) is 0 Å². The summed E-state index contributed by atoms with van der Waals surface area (Å²) in [5.74, 6) is 0.652. The molecule has 0 heterocycles. The molecule has 0 aliphatic heterocycles. The van der Waals surface area contributed by atoms with E-state index in [1.807, 2.05) is 0 Å². The molecule has 4 aliphatic rings. The number of hydrogen-bond acceptors (Lipinski definition) is 0. The van der Waals surface area contributed by atoms with E-state index >= 15 is 0 Å². The highest BCUT2D eigenvalue weighted by Gasteiger charge is 2.78. The fraction of sp³-hybridized carbons (Fsp3) is 0.478. The quantitative estimate of drug-likeness (QED) is 0.494. The molecule has 0 amide bonds. The van der Waals surface area contributed by atoms with Gasteiger partial charge in [0.15, 0.2) is 0 Å². The third-order valence-corrected chi connectivity index (χ3v) is 10.8. The predicted octanol–water partition coefficient (Wildman–Crippen LogP) is 5.64. The summed E-state index contributed by atoms with van der Waals surface area (Å²) in [6, 6.07) is 11.1. The van der Waals surface area contributed by atoms with Gasteiger partial charge in [-0.15, -0.1) is 6.58 Å². The highest BCUT2D eigenvalue weighted by Crippen LogP contribution is 2.84. The minimum atomic E-state index is -1.52. The summed E-state index contributed by atoms with van der Waals surface area (Å²) < 4.78 is 0. The van der Waals surface area contributed by atoms with Crippen LogP contribution in [-0.4, -0.2) is 8.07 Å². The molecule has 1 aromatic carbocycles. The van der Waals surface area contributed by atoms with Crippen molar-refractivity contribution in [3.05, 3.63) is 66.9 Å². The second-order valence-electron chi connectivity index (χ2n) is 8.98. The lowest BCUT2D eigenvalue weighted by Gasteiger charge is -2.69. The van der Waals surface area contributed by atoms with Gasteiger partial charge in [-0.1, -0.05) is 85.5 Å². The van der Waals surface area contributed by atoms with Gasteiger partial charge in [-0.05, 0) is 37.0 Å². The van der Waals surface area contributed by atoms with E-state index in [1.54, 1.807) is 0 Å². The molecule has 2 bridgehead atoms. The van der Waals surface area contributed by atoms with E-state index in [2.05, 4.69) is 86.9 Å². The number of allylic oxidation sites excluding steroid dienone is 4. The Balaban J connectivity index is 1.69. The molecule has 24 heavy (non-hydrogen) atoms. The maximum Gasteiger partial charge on any atom is 0.103 e. The Morgan fingerprint density at radius 1 is 1.12 bits per heavy atom. The second kappa shape index (κ2) is 5.08. The summed E-state index contributed by atoms with van der Waals surface area (Å²) in [6.07, 6.45) is 15.2. The van der Waals surface area contributed by atoms with Crippen molar-refractivity contribution in [2.75, 3.05) is 0 Å². The van der Waals surface area contributed by atoms with Crippen LogP contribution >= 0.6 is 0 Å². The van der Waals surface area contributed by atoms with Gasteiger partial charge in [0.2, 0.25) is 0 Å². The summed E-state index contributed by atoms with van der Waals surface area (Å²) in [5, 5.41) is 1.53. The van der Waals surface area contributed by atoms with Gasteiger partial charge in [0, 0.05) is 10.8 Å². The number of hydrogen-bond donors (Lipinski definition) is 0. The van der Waals surface area contributed by atoms with Crippen LogP contribution in [-0.2, 0) is 0 Å². The fourth-order valence-corrected chi connectivity index (χ4v) is 8.30. The van der Waals surface area contributed by atoms with Crippen LogP contribution in [0, 0.1) is 22.2 Å². The third-order valence-electron chi connectivity index (χ3n) is 7.93. The minimum absolute atomic E-state index is 0.329. The Morgan fingerprint density at radius 3 is 2.58 bits per heavy atom. The molecule has 0 saturated heterocycles. The molecule has 4 aliphatic carbocycles. The molecule has 5 rings (SSSR count). The molecular weight excluding hydrogens is 304 g/mol. The Labute approximate surface area is 148 Å². The van der Waals surface area contributed by atoms with Crippen molar-refractivity contribution >= 4 is 13.3 Å². The van der Waals surface area contributed by atoms with Crippen molar-refractivity contribution in [2.45, 2.75) is 45.7 Å². The first-order valence-electron chi connectivity index (χ1n) is 9.48. The first-order valence-corrected chi connectivity index (χ1v) is 12.6. The van der Waals surface area contributed by atoms with E-state index in [0.29, 0.717) is 22.2 Å². The number of rotatable bonds is 4. The SMILES string of the molecule is C=C[C@]12CC[C@@]3(C=CCC[C@]31C)[C@@H]2/C=C/[Si](C)(C)c1ccccc1. The molecule has 126 valence electrons. The zero-order chi connectivity index (χ0) is 17.1. The molecule has 4 atom stereocenters. The monoisotopic (exact) mass is 334 g/mol. The van der Waals surface area contributed by atoms with E-state index in [9.17, 15) is 0 Å². The van der Waals surface area contributed by atoms with Crippen molar-refractivity contribution in [1.29, 1.82) is 0 Å². The van der Waals surface area contributed by atoms with Gasteiger partial charge in [0.25, 0.3) is 0 Å². The summed E-state index contributed by atoms with van der Waals surface area (Å²) in [7, 11) is -1.52. The van der Waals surface area contributed by atoms with Crippen LogP contribution in [0.3, 0.4) is 0 Å². The standard InChI is InChI=1S/C23H30Si/c1-5-22-16-17-23(15-10-9-14-21(22,23)2)20(22)13-18-24(3,4)19-11-7-6-8-12-19/h5-8,10-13,15,18,20H,1,9,14,16-17H2,2-4H3/b18-13+/t20-,21+,22-,23+/m1/s1. The maximum atomic E-state index is 4.29. The summed E-state index contributed by atoms with van der Waals surface area (Å²) >= 11 is 0. The molecule has 0 unspecified atom stereocenters. The van der Waals surface area contributed by atoms with Crippen LogP contribution in [0.5, 0.6) is 0 Å². The highest BCUT2D eigenvalue weighted by atomic mass is 28.3. The van der Waals surface area contributed by atoms with E-state index in [0.717, 1.165) is 0 Å². The average Bonchev–Trinajstić information content (AvgIpc) is 3.07. The van der Waals surface area contributed by atoms with E-state index in [-0.39, 0.29) is 0 Å². The molecule has 0 radical (unpaired) electrons. The lowest BCUT2D eigenvalue weighted by molar-refractivity contribution is -0.146. The number of benzene rings is 1. The molecular formula is C23H30Si. The van der Waals surface area contributed by atoms with Crippen molar-refractivity contribution < 1.29 is 0 Å². The summed E-state index contributed by atoms with van der Waals surface area (Å²) in [6.45, 7) is 11.8. The van der Waals surface area contributed by atoms with Gasteiger partial charge in [0.1, 0.15) is 8.07 Å². The molecule has 3 saturated carbocycles. The van der Waals surface area contributed by atoms with Crippen LogP contribution in [0.4, 0.5) is 0 Å². The molecule has 1 spiro atoms. The van der Waals surface area contributed by atoms with Gasteiger partial charge in [-0.3, -0.25) is 0 Å². The van der Waals surface area contributed by atoms with Crippen LogP contribution in [0.15, 0.2) is 66.9 Å². The zero-order valence-corrected chi connectivity index (χ0v) is 16.4. The van der Waals surface area contributed by atoms with Gasteiger partial charge >= 0.3 is 0 Å². The first-order chi connectivity index (χ1) is 11.4. The topological polar surface area (TPSA) is 0 Å². The molecule has 3 fully saturated rings. The third kappa shape index (κ3) is 1.74. The summed E-state index contributed by atoms with van der Waals surface area (Å²) in [4.78, 5) is 0.